The van der Waals surface area contributed by atoms with Crippen molar-refractivity contribution in [2.75, 3.05) is 0 Å². The normalized spacial score (nSPS) is 12.1. The SMILES string of the molecule is Cc1nnc(Sc2c(CNC(C)(C)C)c(C)nn2C)o1. The first-order valence-electron chi connectivity index (χ1n) is 6.52. The molecule has 2 aromatic rings. The van der Waals surface area contributed by atoms with Gasteiger partial charge in [-0.15, -0.1) is 10.2 Å². The van der Waals surface area contributed by atoms with E-state index in [1.54, 1.807) is 6.92 Å². The number of aryl methyl sites for hydroxylation is 3. The van der Waals surface area contributed by atoms with Gasteiger partial charge >= 0.3 is 0 Å². The van der Waals surface area contributed by atoms with E-state index in [-0.39, 0.29) is 5.54 Å². The van der Waals surface area contributed by atoms with Crippen molar-refractivity contribution < 1.29 is 4.42 Å². The molecule has 2 rings (SSSR count). The van der Waals surface area contributed by atoms with Crippen LogP contribution in [-0.4, -0.2) is 25.5 Å². The highest BCUT2D eigenvalue weighted by molar-refractivity contribution is 7.99. The van der Waals surface area contributed by atoms with Crippen LogP contribution in [0.1, 0.15) is 37.9 Å². The summed E-state index contributed by atoms with van der Waals surface area (Å²) in [5.74, 6) is 0.570. The van der Waals surface area contributed by atoms with Crippen molar-refractivity contribution in [3.05, 3.63) is 17.1 Å². The van der Waals surface area contributed by atoms with E-state index in [1.165, 1.54) is 17.3 Å². The first-order valence-corrected chi connectivity index (χ1v) is 7.33. The maximum Gasteiger partial charge on any atom is 0.282 e. The second-order valence-electron chi connectivity index (χ2n) is 5.79. The Hall–Kier alpha value is -1.34. The molecule has 0 aliphatic heterocycles. The highest BCUT2D eigenvalue weighted by Crippen LogP contribution is 2.30. The van der Waals surface area contributed by atoms with Gasteiger partial charge in [-0.1, -0.05) is 0 Å². The monoisotopic (exact) mass is 295 g/mol. The van der Waals surface area contributed by atoms with Crippen molar-refractivity contribution in [3.8, 4) is 0 Å². The Labute approximate surface area is 123 Å². The zero-order valence-corrected chi connectivity index (χ0v) is 13.6. The Morgan fingerprint density at radius 2 is 1.95 bits per heavy atom. The fourth-order valence-electron chi connectivity index (χ4n) is 1.77. The molecule has 7 heteroatoms. The molecule has 0 radical (unpaired) electrons. The summed E-state index contributed by atoms with van der Waals surface area (Å²) < 4.78 is 7.29. The first-order chi connectivity index (χ1) is 9.26. The maximum atomic E-state index is 5.43. The minimum absolute atomic E-state index is 0.0608. The van der Waals surface area contributed by atoms with Crippen molar-refractivity contribution >= 4 is 11.8 Å². The molecule has 0 aliphatic carbocycles. The molecule has 0 fully saturated rings. The van der Waals surface area contributed by atoms with Gasteiger partial charge in [0.2, 0.25) is 5.89 Å². The molecule has 1 N–H and O–H groups in total. The van der Waals surface area contributed by atoms with Crippen molar-refractivity contribution in [1.82, 2.24) is 25.3 Å². The van der Waals surface area contributed by atoms with E-state index in [0.717, 1.165) is 17.3 Å². The third kappa shape index (κ3) is 3.61. The lowest BCUT2D eigenvalue weighted by Gasteiger charge is -2.20. The van der Waals surface area contributed by atoms with Gasteiger partial charge in [-0.25, -0.2) is 0 Å². The van der Waals surface area contributed by atoms with Gasteiger partial charge in [0.15, 0.2) is 0 Å². The van der Waals surface area contributed by atoms with Crippen molar-refractivity contribution in [3.63, 3.8) is 0 Å². The van der Waals surface area contributed by atoms with Crippen LogP contribution in [0.25, 0.3) is 0 Å². The summed E-state index contributed by atoms with van der Waals surface area (Å²) in [5, 5.41) is 17.4. The summed E-state index contributed by atoms with van der Waals surface area (Å²) in [6.07, 6.45) is 0. The fraction of sp³-hybridized carbons (Fsp3) is 0.615. The minimum Gasteiger partial charge on any atom is -0.416 e. The molecular weight excluding hydrogens is 274 g/mol. The van der Waals surface area contributed by atoms with E-state index >= 15 is 0 Å². The highest BCUT2D eigenvalue weighted by atomic mass is 32.2. The van der Waals surface area contributed by atoms with E-state index in [1.807, 2.05) is 18.7 Å². The molecule has 110 valence electrons. The van der Waals surface area contributed by atoms with Gasteiger partial charge in [-0.05, 0) is 39.5 Å². The Balaban J connectivity index is 2.23. The Kier molecular flexibility index (Phi) is 4.19. The molecule has 0 amide bonds. The zero-order chi connectivity index (χ0) is 14.9. The lowest BCUT2D eigenvalue weighted by molar-refractivity contribution is 0.420. The predicted molar refractivity (Wildman–Crippen MR) is 77.7 cm³/mol. The lowest BCUT2D eigenvalue weighted by Crippen LogP contribution is -2.35. The average Bonchev–Trinajstić information content (AvgIpc) is 2.82. The standard InChI is InChI=1S/C13H21N5OS/c1-8-10(7-14-13(3,4)5)11(18(6)17-8)20-12-16-15-9(2)19-12/h14H,7H2,1-6H3. The number of rotatable bonds is 4. The second-order valence-corrected chi connectivity index (χ2v) is 6.73. The molecule has 0 saturated heterocycles. The molecule has 0 unspecified atom stereocenters. The summed E-state index contributed by atoms with van der Waals surface area (Å²) in [7, 11) is 1.93. The summed E-state index contributed by atoms with van der Waals surface area (Å²) in [4.78, 5) is 0. The van der Waals surface area contributed by atoms with Gasteiger partial charge in [-0.3, -0.25) is 4.68 Å². The number of hydrogen-bond acceptors (Lipinski definition) is 6. The molecule has 0 spiro atoms. The maximum absolute atomic E-state index is 5.43. The van der Waals surface area contributed by atoms with Gasteiger partial charge in [0, 0.05) is 31.6 Å². The zero-order valence-electron chi connectivity index (χ0n) is 12.8. The van der Waals surface area contributed by atoms with Crippen LogP contribution in [0.5, 0.6) is 0 Å². The molecule has 2 aromatic heterocycles. The minimum atomic E-state index is 0.0608. The van der Waals surface area contributed by atoms with Gasteiger partial charge < -0.3 is 9.73 Å². The summed E-state index contributed by atoms with van der Waals surface area (Å²) in [6.45, 7) is 11.0. The molecule has 20 heavy (non-hydrogen) atoms. The third-order valence-electron chi connectivity index (χ3n) is 2.78. The van der Waals surface area contributed by atoms with Gasteiger partial charge in [0.1, 0.15) is 5.03 Å². The van der Waals surface area contributed by atoms with Crippen molar-refractivity contribution in [1.29, 1.82) is 0 Å². The molecular formula is C13H21N5OS. The summed E-state index contributed by atoms with van der Waals surface area (Å²) in [6, 6.07) is 0. The summed E-state index contributed by atoms with van der Waals surface area (Å²) in [5.41, 5.74) is 2.25. The molecule has 0 saturated carbocycles. The largest absolute Gasteiger partial charge is 0.416 e. The van der Waals surface area contributed by atoms with Gasteiger partial charge in [-0.2, -0.15) is 5.10 Å². The smallest absolute Gasteiger partial charge is 0.282 e. The van der Waals surface area contributed by atoms with Crippen LogP contribution in [0.3, 0.4) is 0 Å². The van der Waals surface area contributed by atoms with Crippen LogP contribution in [0.4, 0.5) is 0 Å². The van der Waals surface area contributed by atoms with Gasteiger partial charge in [0.05, 0.1) is 5.69 Å². The van der Waals surface area contributed by atoms with Crippen LogP contribution in [0.2, 0.25) is 0 Å². The van der Waals surface area contributed by atoms with Crippen LogP contribution in [-0.2, 0) is 13.6 Å². The van der Waals surface area contributed by atoms with Crippen LogP contribution < -0.4 is 5.32 Å². The number of hydrogen-bond donors (Lipinski definition) is 1. The van der Waals surface area contributed by atoms with Crippen LogP contribution >= 0.6 is 11.8 Å². The predicted octanol–water partition coefficient (Wildman–Crippen LogP) is 2.46. The lowest BCUT2D eigenvalue weighted by atomic mass is 10.1. The van der Waals surface area contributed by atoms with Crippen molar-refractivity contribution in [2.24, 2.45) is 7.05 Å². The van der Waals surface area contributed by atoms with Crippen molar-refractivity contribution in [2.45, 2.75) is 57.0 Å². The average molecular weight is 295 g/mol. The molecule has 0 aliphatic rings. The quantitative estimate of drug-likeness (QED) is 0.934. The van der Waals surface area contributed by atoms with E-state index in [2.05, 4.69) is 41.4 Å². The van der Waals surface area contributed by atoms with E-state index in [0.29, 0.717) is 11.1 Å². The molecule has 6 nitrogen and oxygen atoms in total. The van der Waals surface area contributed by atoms with E-state index in [4.69, 9.17) is 4.42 Å². The number of nitrogens with zero attached hydrogens (tertiary/aromatic N) is 4. The third-order valence-corrected chi connectivity index (χ3v) is 3.82. The second kappa shape index (κ2) is 5.57. The van der Waals surface area contributed by atoms with Gasteiger partial charge in [0.25, 0.3) is 5.22 Å². The molecule has 2 heterocycles. The van der Waals surface area contributed by atoms with Crippen LogP contribution in [0, 0.1) is 13.8 Å². The Morgan fingerprint density at radius 3 is 2.50 bits per heavy atom. The molecule has 0 aromatic carbocycles. The fourth-order valence-corrected chi connectivity index (χ4v) is 2.69. The Bertz CT molecular complexity index is 596. The Morgan fingerprint density at radius 1 is 1.25 bits per heavy atom. The first kappa shape index (κ1) is 15.1. The van der Waals surface area contributed by atoms with E-state index < -0.39 is 0 Å². The summed E-state index contributed by atoms with van der Waals surface area (Å²) >= 11 is 1.45. The highest BCUT2D eigenvalue weighted by Gasteiger charge is 2.19. The molecule has 0 atom stereocenters. The number of nitrogens with one attached hydrogen (secondary N) is 1. The number of aromatic nitrogens is 4. The molecule has 0 bridgehead atoms. The topological polar surface area (TPSA) is 68.8 Å². The van der Waals surface area contributed by atoms with E-state index in [9.17, 15) is 0 Å². The van der Waals surface area contributed by atoms with Crippen LogP contribution in [0.15, 0.2) is 14.7 Å².